The molecular formula is C36H73Br. The Labute approximate surface area is 245 Å². The molecule has 1 unspecified atom stereocenters. The lowest BCUT2D eigenvalue weighted by molar-refractivity contribution is 0.183. The van der Waals surface area contributed by atoms with Crippen LogP contribution in [0.2, 0.25) is 0 Å². The Bertz CT molecular complexity index is 376. The molecule has 0 radical (unpaired) electrons. The number of alkyl halides is 1. The van der Waals surface area contributed by atoms with Gasteiger partial charge in [-0.25, -0.2) is 0 Å². The molecule has 1 atom stereocenters. The van der Waals surface area contributed by atoms with Crippen molar-refractivity contribution in [3.63, 3.8) is 0 Å². The second-order valence-corrected chi connectivity index (χ2v) is 13.8. The predicted molar refractivity (Wildman–Crippen MR) is 176 cm³/mol. The van der Waals surface area contributed by atoms with Crippen LogP contribution in [0.5, 0.6) is 0 Å². The molecule has 224 valence electrons. The van der Waals surface area contributed by atoms with E-state index in [2.05, 4.69) is 43.6 Å². The van der Waals surface area contributed by atoms with Crippen LogP contribution in [-0.2, 0) is 0 Å². The number of rotatable bonds is 31. The largest absolute Gasteiger partial charge is 0.0885 e. The third-order valence-corrected chi connectivity index (χ3v) is 10.5. The number of hydrogen-bond donors (Lipinski definition) is 0. The third-order valence-electron chi connectivity index (χ3n) is 9.06. The zero-order valence-electron chi connectivity index (χ0n) is 26.7. The molecule has 0 amide bonds. The molecule has 0 aliphatic carbocycles. The Morgan fingerprint density at radius 3 is 0.892 bits per heavy atom. The minimum absolute atomic E-state index is 0.557. The van der Waals surface area contributed by atoms with E-state index in [1.54, 1.807) is 0 Å². The Kier molecular flexibility index (Phi) is 29.8. The summed E-state index contributed by atoms with van der Waals surface area (Å²) < 4.78 is 0. The summed E-state index contributed by atoms with van der Waals surface area (Å²) in [4.78, 5) is 0.738. The summed E-state index contributed by atoms with van der Waals surface area (Å²) in [5, 5.41) is 0. The minimum atomic E-state index is 0.557. The lowest BCUT2D eigenvalue weighted by atomic mass is 9.70. The van der Waals surface area contributed by atoms with Crippen molar-refractivity contribution in [2.75, 3.05) is 0 Å². The maximum atomic E-state index is 4.39. The molecule has 0 aromatic heterocycles. The lowest BCUT2D eigenvalue weighted by Crippen LogP contribution is -2.32. The highest BCUT2D eigenvalue weighted by Gasteiger charge is 2.35. The van der Waals surface area contributed by atoms with Crippen LogP contribution in [0, 0.1) is 5.41 Å². The first-order valence-corrected chi connectivity index (χ1v) is 18.7. The molecule has 0 rings (SSSR count). The third kappa shape index (κ3) is 22.9. The van der Waals surface area contributed by atoms with Gasteiger partial charge >= 0.3 is 0 Å². The van der Waals surface area contributed by atoms with Crippen molar-refractivity contribution in [1.82, 2.24) is 0 Å². The number of unbranched alkanes of at least 4 members (excludes halogenated alkanes) is 22. The Morgan fingerprint density at radius 2 is 0.595 bits per heavy atom. The highest BCUT2D eigenvalue weighted by atomic mass is 79.9. The van der Waals surface area contributed by atoms with Gasteiger partial charge in [0.1, 0.15) is 0 Å². The lowest BCUT2D eigenvalue weighted by Gasteiger charge is -2.39. The Hall–Kier alpha value is 0.480. The molecule has 1 heteroatoms. The van der Waals surface area contributed by atoms with Crippen molar-refractivity contribution in [1.29, 1.82) is 0 Å². The molecule has 0 aromatic carbocycles. The molecule has 0 saturated heterocycles. The summed E-state index contributed by atoms with van der Waals surface area (Å²) in [7, 11) is 0. The van der Waals surface area contributed by atoms with E-state index in [-0.39, 0.29) is 0 Å². The Balaban J connectivity index is 4.93. The summed E-state index contributed by atoms with van der Waals surface area (Å²) in [6.45, 7) is 9.34. The second-order valence-electron chi connectivity index (χ2n) is 12.6. The van der Waals surface area contributed by atoms with Crippen LogP contribution in [-0.4, -0.2) is 4.83 Å². The topological polar surface area (TPSA) is 0 Å². The van der Waals surface area contributed by atoms with Gasteiger partial charge in [-0.15, -0.1) is 0 Å². The molecule has 0 aromatic rings. The van der Waals surface area contributed by atoms with Crippen molar-refractivity contribution in [3.05, 3.63) is 0 Å². The maximum absolute atomic E-state index is 4.39. The van der Waals surface area contributed by atoms with E-state index in [4.69, 9.17) is 0 Å². The van der Waals surface area contributed by atoms with Gasteiger partial charge in [0.05, 0.1) is 0 Å². The van der Waals surface area contributed by atoms with Crippen molar-refractivity contribution in [3.8, 4) is 0 Å². The fraction of sp³-hybridized carbons (Fsp3) is 1.00. The van der Waals surface area contributed by atoms with Gasteiger partial charge in [-0.2, -0.15) is 0 Å². The molecule has 37 heavy (non-hydrogen) atoms. The monoisotopic (exact) mass is 584 g/mol. The second kappa shape index (κ2) is 29.5. The van der Waals surface area contributed by atoms with Gasteiger partial charge < -0.3 is 0 Å². The standard InChI is InChI=1S/C36H73Br/c1-5-9-13-17-21-22-23-27-31-35(37)36(32-28-24-18-14-10-6-2,33-29-25-19-15-11-7-3)34-30-26-20-16-12-8-4/h35H,5-34H2,1-4H3. The zero-order valence-corrected chi connectivity index (χ0v) is 28.3. The SMILES string of the molecule is CCCCCCCCCCC(Br)C(CCCCCCCC)(CCCCCCCC)CCCCCCCC. The van der Waals surface area contributed by atoms with Crippen LogP contribution < -0.4 is 0 Å². The van der Waals surface area contributed by atoms with Gasteiger partial charge in [0, 0.05) is 4.83 Å². The molecule has 0 aliphatic heterocycles. The smallest absolute Gasteiger partial charge is 0.0202 e. The van der Waals surface area contributed by atoms with Crippen LogP contribution in [0.1, 0.15) is 220 Å². The van der Waals surface area contributed by atoms with Gasteiger partial charge in [-0.3, -0.25) is 0 Å². The molecule has 0 heterocycles. The predicted octanol–water partition coefficient (Wildman–Crippen LogP) is 14.5. The molecule has 0 bridgehead atoms. The van der Waals surface area contributed by atoms with E-state index in [1.807, 2.05) is 0 Å². The molecule has 0 aliphatic rings. The molecule has 0 fully saturated rings. The highest BCUT2D eigenvalue weighted by molar-refractivity contribution is 9.09. The van der Waals surface area contributed by atoms with E-state index < -0.39 is 0 Å². The van der Waals surface area contributed by atoms with E-state index in [9.17, 15) is 0 Å². The van der Waals surface area contributed by atoms with Crippen LogP contribution in [0.25, 0.3) is 0 Å². The fourth-order valence-corrected chi connectivity index (χ4v) is 7.39. The summed E-state index contributed by atoms with van der Waals surface area (Å²) in [6.07, 6.45) is 43.3. The van der Waals surface area contributed by atoms with Crippen molar-refractivity contribution < 1.29 is 0 Å². The Morgan fingerprint density at radius 1 is 0.351 bits per heavy atom. The van der Waals surface area contributed by atoms with Gasteiger partial charge in [-0.1, -0.05) is 211 Å². The van der Waals surface area contributed by atoms with E-state index in [0.29, 0.717) is 5.41 Å². The van der Waals surface area contributed by atoms with E-state index in [1.165, 1.54) is 193 Å². The fourth-order valence-electron chi connectivity index (χ4n) is 6.38. The minimum Gasteiger partial charge on any atom is -0.0885 e. The van der Waals surface area contributed by atoms with Gasteiger partial charge in [0.2, 0.25) is 0 Å². The first-order valence-electron chi connectivity index (χ1n) is 17.8. The average Bonchev–Trinajstić information content (AvgIpc) is 2.91. The van der Waals surface area contributed by atoms with Crippen LogP contribution >= 0.6 is 15.9 Å². The van der Waals surface area contributed by atoms with Gasteiger partial charge in [-0.05, 0) is 31.1 Å². The van der Waals surface area contributed by atoms with Crippen LogP contribution in [0.3, 0.4) is 0 Å². The van der Waals surface area contributed by atoms with Gasteiger partial charge in [0.15, 0.2) is 0 Å². The normalized spacial score (nSPS) is 12.9. The number of halogens is 1. The van der Waals surface area contributed by atoms with Crippen molar-refractivity contribution >= 4 is 15.9 Å². The summed E-state index contributed by atoms with van der Waals surface area (Å²) >= 11 is 4.39. The molecule has 0 N–H and O–H groups in total. The van der Waals surface area contributed by atoms with Crippen LogP contribution in [0.15, 0.2) is 0 Å². The first-order chi connectivity index (χ1) is 18.2. The van der Waals surface area contributed by atoms with Crippen molar-refractivity contribution in [2.24, 2.45) is 5.41 Å². The molecule has 0 spiro atoms. The summed E-state index contributed by atoms with van der Waals surface area (Å²) in [5.41, 5.74) is 0.557. The highest BCUT2D eigenvalue weighted by Crippen LogP contribution is 2.46. The molecule has 0 saturated carbocycles. The quantitative estimate of drug-likeness (QED) is 0.0561. The van der Waals surface area contributed by atoms with Crippen LogP contribution in [0.4, 0.5) is 0 Å². The summed E-state index contributed by atoms with van der Waals surface area (Å²) in [6, 6.07) is 0. The molecular weight excluding hydrogens is 512 g/mol. The summed E-state index contributed by atoms with van der Waals surface area (Å²) in [5.74, 6) is 0. The maximum Gasteiger partial charge on any atom is 0.0202 e. The van der Waals surface area contributed by atoms with E-state index >= 15 is 0 Å². The molecule has 0 nitrogen and oxygen atoms in total. The van der Waals surface area contributed by atoms with Gasteiger partial charge in [0.25, 0.3) is 0 Å². The zero-order chi connectivity index (χ0) is 27.3. The van der Waals surface area contributed by atoms with Crippen molar-refractivity contribution in [2.45, 2.75) is 225 Å². The average molecular weight is 586 g/mol. The number of hydrogen-bond acceptors (Lipinski definition) is 0. The van der Waals surface area contributed by atoms with E-state index in [0.717, 1.165) is 4.83 Å². The first kappa shape index (κ1) is 37.5.